The summed E-state index contributed by atoms with van der Waals surface area (Å²) in [6, 6.07) is 1.27. The molecule has 0 radical (unpaired) electrons. The van der Waals surface area contributed by atoms with E-state index in [9.17, 15) is 0 Å². The summed E-state index contributed by atoms with van der Waals surface area (Å²) in [5.74, 6) is 0. The topological polar surface area (TPSA) is 35.5 Å². The summed E-state index contributed by atoms with van der Waals surface area (Å²) in [5, 5.41) is 12.6. The van der Waals surface area contributed by atoms with Crippen molar-refractivity contribution in [2.24, 2.45) is 0 Å². The van der Waals surface area contributed by atoms with Gasteiger partial charge < -0.3 is 10.4 Å². The fourth-order valence-electron chi connectivity index (χ4n) is 3.25. The van der Waals surface area contributed by atoms with Gasteiger partial charge in [0.15, 0.2) is 0 Å². The molecule has 0 spiro atoms. The fraction of sp³-hybridized carbons (Fsp3) is 1.00. The SMILES string of the molecule is CC1(C)CNC(CCO)CN1C1CCCC1. The second kappa shape index (κ2) is 5.03. The first-order valence-electron chi connectivity index (χ1n) is 6.74. The Labute approximate surface area is 99.2 Å². The zero-order chi connectivity index (χ0) is 11.6. The van der Waals surface area contributed by atoms with Gasteiger partial charge in [-0.25, -0.2) is 0 Å². The van der Waals surface area contributed by atoms with Gasteiger partial charge in [-0.1, -0.05) is 12.8 Å². The molecule has 94 valence electrons. The van der Waals surface area contributed by atoms with Gasteiger partial charge in [-0.3, -0.25) is 4.90 Å². The predicted octanol–water partition coefficient (Wildman–Crippen LogP) is 1.36. The average molecular weight is 226 g/mol. The molecule has 0 aromatic rings. The van der Waals surface area contributed by atoms with E-state index in [0.717, 1.165) is 25.6 Å². The molecule has 2 fully saturated rings. The summed E-state index contributed by atoms with van der Waals surface area (Å²) in [4.78, 5) is 2.69. The van der Waals surface area contributed by atoms with E-state index in [1.54, 1.807) is 0 Å². The van der Waals surface area contributed by atoms with Gasteiger partial charge in [0, 0.05) is 37.3 Å². The van der Waals surface area contributed by atoms with Crippen molar-refractivity contribution >= 4 is 0 Å². The molecule has 1 heterocycles. The maximum Gasteiger partial charge on any atom is 0.0446 e. The third-order valence-electron chi connectivity index (χ3n) is 4.26. The molecule has 2 rings (SSSR count). The highest BCUT2D eigenvalue weighted by atomic mass is 16.3. The van der Waals surface area contributed by atoms with Crippen LogP contribution in [-0.4, -0.2) is 47.3 Å². The lowest BCUT2D eigenvalue weighted by Gasteiger charge is -2.49. The van der Waals surface area contributed by atoms with Gasteiger partial charge in [-0.2, -0.15) is 0 Å². The highest BCUT2D eigenvalue weighted by Gasteiger charge is 2.38. The number of aliphatic hydroxyl groups excluding tert-OH is 1. The molecule has 0 amide bonds. The maximum absolute atomic E-state index is 9.04. The van der Waals surface area contributed by atoms with Crippen molar-refractivity contribution in [3.63, 3.8) is 0 Å². The lowest BCUT2D eigenvalue weighted by molar-refractivity contribution is 0.0222. The van der Waals surface area contributed by atoms with Crippen LogP contribution >= 0.6 is 0 Å². The summed E-state index contributed by atoms with van der Waals surface area (Å²) < 4.78 is 0. The Bertz CT molecular complexity index is 224. The largest absolute Gasteiger partial charge is 0.396 e. The first-order chi connectivity index (χ1) is 7.63. The molecule has 16 heavy (non-hydrogen) atoms. The number of nitrogens with one attached hydrogen (secondary N) is 1. The Kier molecular flexibility index (Phi) is 3.88. The van der Waals surface area contributed by atoms with E-state index in [4.69, 9.17) is 5.11 Å². The lowest BCUT2D eigenvalue weighted by atomic mass is 9.93. The molecule has 1 unspecified atom stereocenters. The minimum absolute atomic E-state index is 0.279. The smallest absolute Gasteiger partial charge is 0.0446 e. The highest BCUT2D eigenvalue weighted by molar-refractivity contribution is 4.96. The van der Waals surface area contributed by atoms with Crippen molar-refractivity contribution < 1.29 is 5.11 Å². The van der Waals surface area contributed by atoms with Crippen LogP contribution < -0.4 is 5.32 Å². The minimum atomic E-state index is 0.279. The van der Waals surface area contributed by atoms with Crippen LogP contribution in [-0.2, 0) is 0 Å². The summed E-state index contributed by atoms with van der Waals surface area (Å²) >= 11 is 0. The normalized spacial score (nSPS) is 32.1. The Hall–Kier alpha value is -0.120. The number of piperazine rings is 1. The number of hydrogen-bond acceptors (Lipinski definition) is 3. The molecule has 3 nitrogen and oxygen atoms in total. The van der Waals surface area contributed by atoms with Crippen LogP contribution in [0.3, 0.4) is 0 Å². The van der Waals surface area contributed by atoms with Crippen molar-refractivity contribution in [3.8, 4) is 0 Å². The first kappa shape index (κ1) is 12.3. The molecular formula is C13H26N2O. The third-order valence-corrected chi connectivity index (χ3v) is 4.26. The van der Waals surface area contributed by atoms with Crippen LogP contribution in [0.2, 0.25) is 0 Å². The van der Waals surface area contributed by atoms with Crippen LogP contribution in [0.5, 0.6) is 0 Å². The molecule has 2 N–H and O–H groups in total. The molecular weight excluding hydrogens is 200 g/mol. The second-order valence-corrected chi connectivity index (χ2v) is 5.99. The monoisotopic (exact) mass is 226 g/mol. The zero-order valence-corrected chi connectivity index (χ0v) is 10.7. The van der Waals surface area contributed by atoms with Crippen molar-refractivity contribution in [2.45, 2.75) is 63.6 Å². The van der Waals surface area contributed by atoms with Crippen LogP contribution in [0, 0.1) is 0 Å². The van der Waals surface area contributed by atoms with Gasteiger partial charge in [-0.15, -0.1) is 0 Å². The average Bonchev–Trinajstić information content (AvgIpc) is 2.74. The van der Waals surface area contributed by atoms with Crippen molar-refractivity contribution in [3.05, 3.63) is 0 Å². The van der Waals surface area contributed by atoms with Crippen molar-refractivity contribution in [2.75, 3.05) is 19.7 Å². The summed E-state index contributed by atoms with van der Waals surface area (Å²) in [6.07, 6.45) is 6.43. The maximum atomic E-state index is 9.04. The van der Waals surface area contributed by atoms with Gasteiger partial charge in [0.2, 0.25) is 0 Å². The molecule has 1 aliphatic heterocycles. The Morgan fingerprint density at radius 1 is 1.31 bits per heavy atom. The van der Waals surface area contributed by atoms with E-state index in [2.05, 4.69) is 24.1 Å². The molecule has 1 atom stereocenters. The van der Waals surface area contributed by atoms with Crippen molar-refractivity contribution in [1.29, 1.82) is 0 Å². The Morgan fingerprint density at radius 3 is 2.62 bits per heavy atom. The van der Waals surface area contributed by atoms with Crippen LogP contribution in [0.1, 0.15) is 46.0 Å². The summed E-state index contributed by atoms with van der Waals surface area (Å²) in [7, 11) is 0. The number of rotatable bonds is 3. The first-order valence-corrected chi connectivity index (χ1v) is 6.74. The van der Waals surface area contributed by atoms with Crippen molar-refractivity contribution in [1.82, 2.24) is 10.2 Å². The molecule has 2 aliphatic rings. The highest BCUT2D eigenvalue weighted by Crippen LogP contribution is 2.31. The van der Waals surface area contributed by atoms with E-state index in [1.807, 2.05) is 0 Å². The van der Waals surface area contributed by atoms with E-state index in [1.165, 1.54) is 25.7 Å². The third kappa shape index (κ3) is 2.58. The van der Waals surface area contributed by atoms with Gasteiger partial charge in [0.25, 0.3) is 0 Å². The number of nitrogens with zero attached hydrogens (tertiary/aromatic N) is 1. The minimum Gasteiger partial charge on any atom is -0.396 e. The van der Waals surface area contributed by atoms with E-state index >= 15 is 0 Å². The molecule has 0 bridgehead atoms. The Balaban J connectivity index is 1.99. The molecule has 1 saturated carbocycles. The van der Waals surface area contributed by atoms with Crippen LogP contribution in [0.4, 0.5) is 0 Å². The Morgan fingerprint density at radius 2 is 2.00 bits per heavy atom. The summed E-state index contributed by atoms with van der Waals surface area (Å²) in [5.41, 5.74) is 0.279. The fourth-order valence-corrected chi connectivity index (χ4v) is 3.25. The molecule has 1 saturated heterocycles. The van der Waals surface area contributed by atoms with Crippen LogP contribution in [0.25, 0.3) is 0 Å². The second-order valence-electron chi connectivity index (χ2n) is 5.99. The molecule has 1 aliphatic carbocycles. The van der Waals surface area contributed by atoms with Crippen LogP contribution in [0.15, 0.2) is 0 Å². The van der Waals surface area contributed by atoms with E-state index < -0.39 is 0 Å². The quantitative estimate of drug-likeness (QED) is 0.763. The molecule has 0 aromatic heterocycles. The van der Waals surface area contributed by atoms with Gasteiger partial charge >= 0.3 is 0 Å². The summed E-state index contributed by atoms with van der Waals surface area (Å²) in [6.45, 7) is 7.14. The standard InChI is InChI=1S/C13H26N2O/c1-13(2)10-14-11(7-8-16)9-15(13)12-5-3-4-6-12/h11-12,14,16H,3-10H2,1-2H3. The zero-order valence-electron chi connectivity index (χ0n) is 10.7. The predicted molar refractivity (Wildman–Crippen MR) is 66.5 cm³/mol. The van der Waals surface area contributed by atoms with Gasteiger partial charge in [0.1, 0.15) is 0 Å². The number of hydrogen-bond donors (Lipinski definition) is 2. The number of aliphatic hydroxyl groups is 1. The molecule has 0 aromatic carbocycles. The van der Waals surface area contributed by atoms with E-state index in [-0.39, 0.29) is 5.54 Å². The van der Waals surface area contributed by atoms with Gasteiger partial charge in [0.05, 0.1) is 0 Å². The molecule has 3 heteroatoms. The van der Waals surface area contributed by atoms with Gasteiger partial charge in [-0.05, 0) is 33.1 Å². The van der Waals surface area contributed by atoms with E-state index in [0.29, 0.717) is 12.6 Å². The lowest BCUT2D eigenvalue weighted by Crippen LogP contribution is -2.64.